The van der Waals surface area contributed by atoms with E-state index in [1.807, 2.05) is 24.3 Å². The van der Waals surface area contributed by atoms with E-state index in [2.05, 4.69) is 10.5 Å². The highest BCUT2D eigenvalue weighted by Crippen LogP contribution is 2.37. The van der Waals surface area contributed by atoms with Crippen LogP contribution in [0.15, 0.2) is 70.2 Å². The molecule has 0 radical (unpaired) electrons. The van der Waals surface area contributed by atoms with Crippen LogP contribution in [0, 0.1) is 10.1 Å². The van der Waals surface area contributed by atoms with Crippen molar-refractivity contribution in [3.63, 3.8) is 0 Å². The number of nitrogens with one attached hydrogen (secondary N) is 1. The monoisotopic (exact) mass is 483 g/mol. The summed E-state index contributed by atoms with van der Waals surface area (Å²) in [7, 11) is 1.49. The van der Waals surface area contributed by atoms with Crippen LogP contribution in [0.1, 0.15) is 16.1 Å². The van der Waals surface area contributed by atoms with E-state index in [-0.39, 0.29) is 21.5 Å². The minimum Gasteiger partial charge on any atom is -0.496 e. The molecule has 166 valence electrons. The molecular weight excluding hydrogens is 469 g/mol. The lowest BCUT2D eigenvalue weighted by atomic mass is 10.1. The number of nitro groups is 1. The van der Waals surface area contributed by atoms with Crippen molar-refractivity contribution in [2.75, 3.05) is 7.11 Å². The van der Waals surface area contributed by atoms with Gasteiger partial charge in [0.2, 0.25) is 0 Å². The van der Waals surface area contributed by atoms with E-state index in [0.717, 1.165) is 10.8 Å². The first-order valence-electron chi connectivity index (χ1n) is 9.51. The average Bonchev–Trinajstić information content (AvgIpc) is 3.26. The molecule has 4 aromatic rings. The molecule has 0 bridgehead atoms. The maximum Gasteiger partial charge on any atom is 0.288 e. The summed E-state index contributed by atoms with van der Waals surface area (Å²) in [5, 5.41) is 17.0. The maximum atomic E-state index is 12.6. The Morgan fingerprint density at radius 2 is 1.82 bits per heavy atom. The average molecular weight is 484 g/mol. The van der Waals surface area contributed by atoms with Gasteiger partial charge in [0, 0.05) is 11.6 Å². The van der Waals surface area contributed by atoms with Gasteiger partial charge in [0.1, 0.15) is 22.3 Å². The summed E-state index contributed by atoms with van der Waals surface area (Å²) in [6.45, 7) is 0. The summed E-state index contributed by atoms with van der Waals surface area (Å²) in [5.74, 6) is 0.533. The molecule has 33 heavy (non-hydrogen) atoms. The van der Waals surface area contributed by atoms with E-state index in [1.54, 1.807) is 24.3 Å². The Hall–Kier alpha value is -3.88. The zero-order chi connectivity index (χ0) is 23.5. The first-order chi connectivity index (χ1) is 15.9. The minimum absolute atomic E-state index is 0.0751. The molecular formula is C23H15Cl2N3O5. The number of nitrogens with zero attached hydrogens (tertiary/aromatic N) is 2. The first-order valence-corrected chi connectivity index (χ1v) is 10.3. The summed E-state index contributed by atoms with van der Waals surface area (Å²) in [4.78, 5) is 23.2. The molecule has 0 aliphatic heterocycles. The van der Waals surface area contributed by atoms with Gasteiger partial charge >= 0.3 is 0 Å². The molecule has 3 aromatic carbocycles. The summed E-state index contributed by atoms with van der Waals surface area (Å²) < 4.78 is 11.0. The number of ether oxygens (including phenoxy) is 1. The van der Waals surface area contributed by atoms with E-state index in [0.29, 0.717) is 22.6 Å². The van der Waals surface area contributed by atoms with Crippen molar-refractivity contribution in [3.8, 4) is 17.1 Å². The summed E-state index contributed by atoms with van der Waals surface area (Å²) >= 11 is 12.0. The number of methoxy groups -OCH3 is 1. The first kappa shape index (κ1) is 22.3. The van der Waals surface area contributed by atoms with Crippen molar-refractivity contribution in [3.05, 3.63) is 92.1 Å². The highest BCUT2D eigenvalue weighted by Gasteiger charge is 2.19. The second-order valence-corrected chi connectivity index (χ2v) is 7.66. The number of benzene rings is 3. The number of hydrogen-bond donors (Lipinski definition) is 1. The van der Waals surface area contributed by atoms with Crippen LogP contribution in [0.25, 0.3) is 22.1 Å². The number of carbonyl (C=O) groups excluding carboxylic acids is 1. The Bertz CT molecular complexity index is 1410. The van der Waals surface area contributed by atoms with Gasteiger partial charge in [-0.15, -0.1) is 0 Å². The van der Waals surface area contributed by atoms with Gasteiger partial charge in [0.05, 0.1) is 28.8 Å². The van der Waals surface area contributed by atoms with Crippen molar-refractivity contribution < 1.29 is 18.9 Å². The Morgan fingerprint density at radius 1 is 1.09 bits per heavy atom. The zero-order valence-electron chi connectivity index (χ0n) is 17.0. The number of amides is 1. The van der Waals surface area contributed by atoms with Gasteiger partial charge in [-0.2, -0.15) is 5.10 Å². The van der Waals surface area contributed by atoms with Crippen LogP contribution in [-0.2, 0) is 0 Å². The van der Waals surface area contributed by atoms with Crippen LogP contribution in [0.5, 0.6) is 5.75 Å². The normalized spacial score (nSPS) is 11.1. The third-order valence-electron chi connectivity index (χ3n) is 4.80. The number of carbonyl (C=O) groups is 1. The molecule has 0 saturated carbocycles. The van der Waals surface area contributed by atoms with E-state index < -0.39 is 10.8 Å². The van der Waals surface area contributed by atoms with Crippen molar-refractivity contribution in [2.45, 2.75) is 0 Å². The lowest BCUT2D eigenvalue weighted by Gasteiger charge is -2.09. The molecule has 0 atom stereocenters. The van der Waals surface area contributed by atoms with Crippen LogP contribution in [-0.4, -0.2) is 24.2 Å². The Labute approximate surface area is 197 Å². The Morgan fingerprint density at radius 3 is 2.52 bits per heavy atom. The van der Waals surface area contributed by atoms with Gasteiger partial charge in [-0.3, -0.25) is 14.9 Å². The molecule has 0 aliphatic carbocycles. The Balaban J connectivity index is 1.53. The number of halogens is 2. The number of hydrogen-bond acceptors (Lipinski definition) is 6. The third kappa shape index (κ3) is 4.67. The fraction of sp³-hybridized carbons (Fsp3) is 0.0435. The predicted octanol–water partition coefficient (Wildman–Crippen LogP) is 6.09. The van der Waals surface area contributed by atoms with E-state index in [9.17, 15) is 14.9 Å². The molecule has 0 aliphatic rings. The molecule has 0 spiro atoms. The number of rotatable bonds is 6. The largest absolute Gasteiger partial charge is 0.496 e. The van der Waals surface area contributed by atoms with Crippen LogP contribution >= 0.6 is 23.2 Å². The number of nitro benzene ring substituents is 1. The number of hydrazone groups is 1. The molecule has 0 fully saturated rings. The molecule has 0 saturated heterocycles. The van der Waals surface area contributed by atoms with Crippen LogP contribution in [0.4, 0.5) is 5.69 Å². The molecule has 1 heterocycles. The van der Waals surface area contributed by atoms with Gasteiger partial charge in [-0.1, -0.05) is 47.5 Å². The van der Waals surface area contributed by atoms with Crippen LogP contribution in [0.2, 0.25) is 10.0 Å². The predicted molar refractivity (Wildman–Crippen MR) is 126 cm³/mol. The fourth-order valence-corrected chi connectivity index (χ4v) is 3.76. The molecule has 0 unspecified atom stereocenters. The van der Waals surface area contributed by atoms with Crippen molar-refractivity contribution in [1.82, 2.24) is 5.43 Å². The smallest absolute Gasteiger partial charge is 0.288 e. The summed E-state index contributed by atoms with van der Waals surface area (Å²) in [6.07, 6.45) is 1.30. The molecule has 1 aromatic heterocycles. The van der Waals surface area contributed by atoms with Gasteiger partial charge in [0.25, 0.3) is 11.6 Å². The van der Waals surface area contributed by atoms with E-state index in [1.165, 1.54) is 25.5 Å². The fourth-order valence-electron chi connectivity index (χ4n) is 3.21. The highest BCUT2D eigenvalue weighted by atomic mass is 35.5. The summed E-state index contributed by atoms with van der Waals surface area (Å²) in [5.41, 5.74) is 2.77. The van der Waals surface area contributed by atoms with Gasteiger partial charge < -0.3 is 9.15 Å². The van der Waals surface area contributed by atoms with Crippen molar-refractivity contribution in [2.24, 2.45) is 5.10 Å². The SMILES string of the molecule is COc1cc2ccccc2cc1C(=O)N/N=C\c1ccc(-c2cc([N+](=O)[O-])c(Cl)cc2Cl)o1. The molecule has 8 nitrogen and oxygen atoms in total. The number of furan rings is 1. The van der Waals surface area contributed by atoms with Crippen molar-refractivity contribution >= 4 is 51.8 Å². The minimum atomic E-state index is -0.607. The Kier molecular flexibility index (Phi) is 6.30. The maximum absolute atomic E-state index is 12.6. The van der Waals surface area contributed by atoms with Gasteiger partial charge in [-0.25, -0.2) is 5.43 Å². The standard InChI is InChI=1S/C23H15Cl2N3O5/c1-32-22-9-14-5-3-2-4-13(14)8-17(22)23(29)27-26-12-15-6-7-21(33-15)16-10-20(28(30)31)19(25)11-18(16)24/h2-12H,1H3,(H,27,29)/b26-12-. The second kappa shape index (κ2) is 9.32. The summed E-state index contributed by atoms with van der Waals surface area (Å²) in [6, 6.07) is 16.8. The molecule has 1 N–H and O–H groups in total. The molecule has 4 rings (SSSR count). The second-order valence-electron chi connectivity index (χ2n) is 6.84. The number of fused-ring (bicyclic) bond motifs is 1. The van der Waals surface area contributed by atoms with Gasteiger partial charge in [0.15, 0.2) is 0 Å². The van der Waals surface area contributed by atoms with Crippen LogP contribution < -0.4 is 10.2 Å². The third-order valence-corrected chi connectivity index (χ3v) is 5.41. The van der Waals surface area contributed by atoms with Crippen LogP contribution in [0.3, 0.4) is 0 Å². The lowest BCUT2D eigenvalue weighted by molar-refractivity contribution is -0.384. The van der Waals surface area contributed by atoms with E-state index in [4.69, 9.17) is 32.4 Å². The lowest BCUT2D eigenvalue weighted by Crippen LogP contribution is -2.18. The molecule has 1 amide bonds. The highest BCUT2D eigenvalue weighted by molar-refractivity contribution is 6.37. The van der Waals surface area contributed by atoms with Gasteiger partial charge in [-0.05, 0) is 41.1 Å². The van der Waals surface area contributed by atoms with E-state index >= 15 is 0 Å². The van der Waals surface area contributed by atoms with Crippen molar-refractivity contribution in [1.29, 1.82) is 0 Å². The molecule has 10 heteroatoms. The zero-order valence-corrected chi connectivity index (χ0v) is 18.6. The quantitative estimate of drug-likeness (QED) is 0.203. The topological polar surface area (TPSA) is 107 Å².